The van der Waals surface area contributed by atoms with Gasteiger partial charge in [-0.15, -0.1) is 0 Å². The third-order valence-electron chi connectivity index (χ3n) is 18.7. The zero-order valence-electron chi connectivity index (χ0n) is 62.7. The Morgan fingerprint density at radius 2 is 0.500 bits per heavy atom. The zero-order chi connectivity index (χ0) is 70.7. The molecule has 0 rings (SSSR count). The van der Waals surface area contributed by atoms with Crippen LogP contribution < -0.4 is 0 Å². The van der Waals surface area contributed by atoms with Crippen LogP contribution in [0.4, 0.5) is 0 Å². The number of hydrogen-bond donors (Lipinski definition) is 3. The van der Waals surface area contributed by atoms with Gasteiger partial charge in [0.2, 0.25) is 0 Å². The quantitative estimate of drug-likeness (QED) is 0.0222. The molecule has 17 nitrogen and oxygen atoms in total. The van der Waals surface area contributed by atoms with E-state index in [1.165, 1.54) is 212 Å². The first-order valence-corrected chi connectivity index (χ1v) is 43.1. The van der Waals surface area contributed by atoms with E-state index in [-0.39, 0.29) is 25.7 Å². The summed E-state index contributed by atoms with van der Waals surface area (Å²) in [6.45, 7) is 9.56. The molecular formula is C77H150O17P2. The summed E-state index contributed by atoms with van der Waals surface area (Å²) in [7, 11) is -9.91. The molecule has 0 aliphatic carbocycles. The van der Waals surface area contributed by atoms with Crippen molar-refractivity contribution in [2.24, 2.45) is 11.8 Å². The van der Waals surface area contributed by atoms with Crippen LogP contribution in [0.1, 0.15) is 401 Å². The zero-order valence-corrected chi connectivity index (χ0v) is 64.5. The first-order valence-electron chi connectivity index (χ1n) is 40.1. The number of esters is 4. The van der Waals surface area contributed by atoms with Crippen LogP contribution in [-0.2, 0) is 65.4 Å². The molecule has 0 heterocycles. The van der Waals surface area contributed by atoms with Crippen molar-refractivity contribution < 1.29 is 80.2 Å². The van der Waals surface area contributed by atoms with Gasteiger partial charge in [-0.25, -0.2) is 9.13 Å². The van der Waals surface area contributed by atoms with Crippen molar-refractivity contribution in [3.8, 4) is 0 Å². The minimum atomic E-state index is -4.96. The monoisotopic (exact) mass is 1410 g/mol. The Balaban J connectivity index is 5.23. The fourth-order valence-electron chi connectivity index (χ4n) is 11.8. The van der Waals surface area contributed by atoms with E-state index in [1.807, 2.05) is 0 Å². The smallest absolute Gasteiger partial charge is 0.462 e. The fourth-order valence-corrected chi connectivity index (χ4v) is 13.3. The summed E-state index contributed by atoms with van der Waals surface area (Å²) in [4.78, 5) is 72.8. The lowest BCUT2D eigenvalue weighted by Gasteiger charge is -2.21. The highest BCUT2D eigenvalue weighted by molar-refractivity contribution is 7.47. The molecule has 0 bridgehead atoms. The number of carbonyl (C=O) groups excluding carboxylic acids is 4. The van der Waals surface area contributed by atoms with E-state index >= 15 is 0 Å². The van der Waals surface area contributed by atoms with Gasteiger partial charge < -0.3 is 33.8 Å². The van der Waals surface area contributed by atoms with Gasteiger partial charge in [0, 0.05) is 25.7 Å². The number of ether oxygens (including phenoxy) is 4. The lowest BCUT2D eigenvalue weighted by molar-refractivity contribution is -0.161. The van der Waals surface area contributed by atoms with Crippen LogP contribution in [0.15, 0.2) is 0 Å². The molecule has 0 saturated heterocycles. The Bertz CT molecular complexity index is 1860. The van der Waals surface area contributed by atoms with E-state index in [2.05, 4.69) is 41.5 Å². The number of rotatable bonds is 76. The van der Waals surface area contributed by atoms with Gasteiger partial charge >= 0.3 is 39.5 Å². The van der Waals surface area contributed by atoms with Gasteiger partial charge in [0.1, 0.15) is 19.3 Å². The van der Waals surface area contributed by atoms with E-state index in [0.717, 1.165) is 108 Å². The molecule has 0 saturated carbocycles. The summed E-state index contributed by atoms with van der Waals surface area (Å²) >= 11 is 0. The van der Waals surface area contributed by atoms with Crippen molar-refractivity contribution in [3.05, 3.63) is 0 Å². The molecular weight excluding hydrogens is 1260 g/mol. The molecule has 570 valence electrons. The molecule has 0 amide bonds. The van der Waals surface area contributed by atoms with Crippen molar-refractivity contribution in [1.82, 2.24) is 0 Å². The molecule has 0 spiro atoms. The molecule has 0 aliphatic heterocycles. The lowest BCUT2D eigenvalue weighted by atomic mass is 9.99. The predicted molar refractivity (Wildman–Crippen MR) is 391 cm³/mol. The number of aliphatic hydroxyl groups excluding tert-OH is 1. The van der Waals surface area contributed by atoms with E-state index in [1.54, 1.807) is 0 Å². The first kappa shape index (κ1) is 94.1. The van der Waals surface area contributed by atoms with E-state index in [0.29, 0.717) is 25.7 Å². The normalized spacial score (nSPS) is 14.6. The van der Waals surface area contributed by atoms with Crippen molar-refractivity contribution in [3.63, 3.8) is 0 Å². The number of unbranched alkanes of at least 4 members (excludes halogenated alkanes) is 44. The minimum Gasteiger partial charge on any atom is -0.462 e. The number of phosphoric ester groups is 2. The van der Waals surface area contributed by atoms with E-state index in [9.17, 15) is 43.2 Å². The summed E-state index contributed by atoms with van der Waals surface area (Å²) in [5.74, 6) is -0.616. The summed E-state index contributed by atoms with van der Waals surface area (Å²) in [6, 6.07) is 0. The highest BCUT2D eigenvalue weighted by Gasteiger charge is 2.30. The predicted octanol–water partition coefficient (Wildman–Crippen LogP) is 22.7. The number of carbonyl (C=O) groups is 4. The van der Waals surface area contributed by atoms with Gasteiger partial charge in [0.25, 0.3) is 0 Å². The van der Waals surface area contributed by atoms with Crippen LogP contribution in [0.2, 0.25) is 0 Å². The summed E-state index contributed by atoms with van der Waals surface area (Å²) < 4.78 is 68.5. The van der Waals surface area contributed by atoms with Crippen LogP contribution in [0.5, 0.6) is 0 Å². The maximum absolute atomic E-state index is 13.1. The second-order valence-corrected chi connectivity index (χ2v) is 31.1. The van der Waals surface area contributed by atoms with Crippen molar-refractivity contribution in [2.45, 2.75) is 419 Å². The molecule has 96 heavy (non-hydrogen) atoms. The Labute approximate surface area is 588 Å². The van der Waals surface area contributed by atoms with Crippen LogP contribution in [0.3, 0.4) is 0 Å². The van der Waals surface area contributed by atoms with E-state index in [4.69, 9.17) is 37.0 Å². The first-order chi connectivity index (χ1) is 46.4. The number of phosphoric acid groups is 2. The van der Waals surface area contributed by atoms with Gasteiger partial charge in [0.15, 0.2) is 12.2 Å². The molecule has 0 aromatic rings. The maximum Gasteiger partial charge on any atom is 0.472 e. The SMILES string of the molecule is CCCCCCCCCCCCCCCCCCCCCCC(=O)O[C@H](COC(=O)CCCCCCCCCCCCCCCC)COP(=O)(O)OC[C@@H](O)COP(=O)(O)OC[C@@H](COC(=O)CCCCCCCCC(C)CC)OC(=O)CCCCCCCCCCC(C)CC. The third kappa shape index (κ3) is 67.9. The largest absolute Gasteiger partial charge is 0.472 e. The maximum atomic E-state index is 13.1. The second-order valence-electron chi connectivity index (χ2n) is 28.2. The highest BCUT2D eigenvalue weighted by atomic mass is 31.2. The Morgan fingerprint density at radius 1 is 0.292 bits per heavy atom. The Hall–Kier alpha value is -1.94. The molecule has 0 aliphatic rings. The van der Waals surface area contributed by atoms with Gasteiger partial charge in [0.05, 0.1) is 26.4 Å². The van der Waals surface area contributed by atoms with Gasteiger partial charge in [-0.3, -0.25) is 37.3 Å². The van der Waals surface area contributed by atoms with Gasteiger partial charge in [-0.1, -0.05) is 350 Å². The average Bonchev–Trinajstić information content (AvgIpc) is 1.50. The summed E-state index contributed by atoms with van der Waals surface area (Å²) in [6.07, 6.45) is 56.9. The third-order valence-corrected chi connectivity index (χ3v) is 20.6. The highest BCUT2D eigenvalue weighted by Crippen LogP contribution is 2.45. The Morgan fingerprint density at radius 3 is 0.740 bits per heavy atom. The second kappa shape index (κ2) is 68.8. The topological polar surface area (TPSA) is 237 Å². The standard InChI is InChI=1S/C77H150O17P2/c1-7-11-13-15-17-19-21-23-25-26-27-28-29-30-32-34-36-41-49-55-61-76(81)93-72(65-87-74(79)59-53-47-40-35-33-31-24-22-20-18-16-14-12-8-2)67-91-95(83,84)89-63-71(78)64-90-96(85,86)92-68-73(66-88-75(80)60-54-48-44-43-46-52-58-70(6)10-4)94-77(82)62-56-50-42-38-37-39-45-51-57-69(5)9-3/h69-73,78H,7-68H2,1-6H3,(H,83,84)(H,85,86)/t69?,70?,71-,72-,73-/m1/s1. The molecule has 3 N–H and O–H groups in total. The average molecular weight is 1410 g/mol. The number of aliphatic hydroxyl groups is 1. The van der Waals surface area contributed by atoms with Crippen LogP contribution in [0, 0.1) is 11.8 Å². The molecule has 4 unspecified atom stereocenters. The molecule has 19 heteroatoms. The van der Waals surface area contributed by atoms with Crippen LogP contribution >= 0.6 is 15.6 Å². The Kier molecular flexibility index (Phi) is 67.4. The van der Waals surface area contributed by atoms with Crippen molar-refractivity contribution in [1.29, 1.82) is 0 Å². The number of hydrogen-bond acceptors (Lipinski definition) is 15. The molecule has 0 radical (unpaired) electrons. The molecule has 7 atom stereocenters. The van der Waals surface area contributed by atoms with E-state index < -0.39 is 97.5 Å². The van der Waals surface area contributed by atoms with Gasteiger partial charge in [-0.2, -0.15) is 0 Å². The van der Waals surface area contributed by atoms with Crippen molar-refractivity contribution in [2.75, 3.05) is 39.6 Å². The van der Waals surface area contributed by atoms with Gasteiger partial charge in [-0.05, 0) is 37.5 Å². The van der Waals surface area contributed by atoms with Crippen molar-refractivity contribution >= 4 is 39.5 Å². The molecule has 0 aromatic heterocycles. The fraction of sp³-hybridized carbons (Fsp3) is 0.948. The van der Waals surface area contributed by atoms with Crippen LogP contribution in [0.25, 0.3) is 0 Å². The molecule has 0 fully saturated rings. The summed E-state index contributed by atoms with van der Waals surface area (Å²) in [5, 5.41) is 10.6. The molecule has 0 aromatic carbocycles. The lowest BCUT2D eigenvalue weighted by Crippen LogP contribution is -2.30. The summed E-state index contributed by atoms with van der Waals surface area (Å²) in [5.41, 5.74) is 0. The van der Waals surface area contributed by atoms with Crippen LogP contribution in [-0.4, -0.2) is 96.7 Å². The minimum absolute atomic E-state index is 0.104.